The van der Waals surface area contributed by atoms with Crippen molar-refractivity contribution in [3.63, 3.8) is 0 Å². The summed E-state index contributed by atoms with van der Waals surface area (Å²) >= 11 is 1.64. The largest absolute Gasteiger partial charge is 0.330 e. The fraction of sp³-hybridized carbons (Fsp3) is 0.545. The molecule has 0 radical (unpaired) electrons. The fourth-order valence-electron chi connectivity index (χ4n) is 1.40. The Morgan fingerprint density at radius 1 is 1.64 bits per heavy atom. The van der Waals surface area contributed by atoms with Gasteiger partial charge in [0.1, 0.15) is 5.78 Å². The molecule has 1 heterocycles. The smallest absolute Gasteiger partial charge is 0.138 e. The summed E-state index contributed by atoms with van der Waals surface area (Å²) in [6.07, 6.45) is 2.20. The summed E-state index contributed by atoms with van der Waals surface area (Å²) in [6.45, 7) is 2.70. The molecule has 0 spiro atoms. The van der Waals surface area contributed by atoms with Crippen molar-refractivity contribution in [1.29, 1.82) is 0 Å². The van der Waals surface area contributed by atoms with E-state index in [0.717, 1.165) is 11.3 Å². The predicted octanol–water partition coefficient (Wildman–Crippen LogP) is 2.23. The van der Waals surface area contributed by atoms with Crippen molar-refractivity contribution in [2.24, 2.45) is 11.7 Å². The minimum Gasteiger partial charge on any atom is -0.330 e. The van der Waals surface area contributed by atoms with Crippen LogP contribution in [0.15, 0.2) is 17.5 Å². The van der Waals surface area contributed by atoms with Crippen molar-refractivity contribution in [2.75, 3.05) is 6.54 Å². The Hall–Kier alpha value is -0.670. The zero-order valence-corrected chi connectivity index (χ0v) is 9.35. The molecule has 0 aliphatic rings. The zero-order valence-electron chi connectivity index (χ0n) is 8.53. The Bertz CT molecular complexity index is 265. The SMILES string of the molecule is CCC(CN)CC(=O)Cc1cccs1. The molecule has 0 saturated heterocycles. The number of Topliss-reactive ketones (excluding diaryl/α,β-unsaturated/α-hetero) is 1. The third-order valence-corrected chi connectivity index (χ3v) is 3.25. The molecule has 1 aromatic rings. The Balaban J connectivity index is 2.35. The molecule has 78 valence electrons. The van der Waals surface area contributed by atoms with E-state index in [9.17, 15) is 4.79 Å². The summed E-state index contributed by atoms with van der Waals surface area (Å²) in [4.78, 5) is 12.7. The number of thiophene rings is 1. The first kappa shape index (κ1) is 11.4. The number of rotatable bonds is 6. The van der Waals surface area contributed by atoms with Gasteiger partial charge in [-0.05, 0) is 23.9 Å². The Kier molecular flexibility index (Phi) is 4.84. The van der Waals surface area contributed by atoms with Gasteiger partial charge in [0.15, 0.2) is 0 Å². The van der Waals surface area contributed by atoms with E-state index in [1.165, 1.54) is 0 Å². The summed E-state index contributed by atoms with van der Waals surface area (Å²) < 4.78 is 0. The van der Waals surface area contributed by atoms with E-state index in [4.69, 9.17) is 5.73 Å². The quantitative estimate of drug-likeness (QED) is 0.784. The topological polar surface area (TPSA) is 43.1 Å². The molecule has 0 fully saturated rings. The van der Waals surface area contributed by atoms with Crippen molar-refractivity contribution < 1.29 is 4.79 Å². The lowest BCUT2D eigenvalue weighted by Gasteiger charge is -2.09. The lowest BCUT2D eigenvalue weighted by Crippen LogP contribution is -2.18. The molecular formula is C11H17NOS. The molecule has 0 aromatic carbocycles. The van der Waals surface area contributed by atoms with E-state index in [1.54, 1.807) is 11.3 Å². The van der Waals surface area contributed by atoms with Gasteiger partial charge in [0.05, 0.1) is 0 Å². The zero-order chi connectivity index (χ0) is 10.4. The molecule has 0 aliphatic heterocycles. The van der Waals surface area contributed by atoms with Gasteiger partial charge in [0.25, 0.3) is 0 Å². The van der Waals surface area contributed by atoms with Crippen molar-refractivity contribution in [2.45, 2.75) is 26.2 Å². The Labute approximate surface area is 89.1 Å². The van der Waals surface area contributed by atoms with E-state index in [-0.39, 0.29) is 0 Å². The van der Waals surface area contributed by atoms with E-state index in [2.05, 4.69) is 6.92 Å². The van der Waals surface area contributed by atoms with E-state index >= 15 is 0 Å². The van der Waals surface area contributed by atoms with Crippen LogP contribution in [-0.4, -0.2) is 12.3 Å². The first-order valence-electron chi connectivity index (χ1n) is 5.00. The van der Waals surface area contributed by atoms with Crippen molar-refractivity contribution >= 4 is 17.1 Å². The van der Waals surface area contributed by atoms with Gasteiger partial charge < -0.3 is 5.73 Å². The number of ketones is 1. The van der Waals surface area contributed by atoms with E-state index in [0.29, 0.717) is 31.1 Å². The fourth-order valence-corrected chi connectivity index (χ4v) is 2.13. The third-order valence-electron chi connectivity index (χ3n) is 2.38. The normalized spacial score (nSPS) is 12.7. The molecule has 2 nitrogen and oxygen atoms in total. The van der Waals surface area contributed by atoms with Gasteiger partial charge in [-0.1, -0.05) is 19.4 Å². The molecule has 3 heteroatoms. The van der Waals surface area contributed by atoms with Crippen molar-refractivity contribution in [3.8, 4) is 0 Å². The van der Waals surface area contributed by atoms with Crippen LogP contribution in [0.2, 0.25) is 0 Å². The second kappa shape index (κ2) is 5.94. The highest BCUT2D eigenvalue weighted by Gasteiger charge is 2.11. The van der Waals surface area contributed by atoms with Crippen molar-refractivity contribution in [1.82, 2.24) is 0 Å². The number of carbonyl (C=O) groups is 1. The molecule has 0 aliphatic carbocycles. The van der Waals surface area contributed by atoms with Crippen LogP contribution in [0.25, 0.3) is 0 Å². The lowest BCUT2D eigenvalue weighted by atomic mass is 9.98. The molecule has 1 aromatic heterocycles. The highest BCUT2D eigenvalue weighted by atomic mass is 32.1. The summed E-state index contributed by atoms with van der Waals surface area (Å²) in [5.41, 5.74) is 5.56. The van der Waals surface area contributed by atoms with E-state index in [1.807, 2.05) is 17.5 Å². The van der Waals surface area contributed by atoms with Gasteiger partial charge in [0.2, 0.25) is 0 Å². The lowest BCUT2D eigenvalue weighted by molar-refractivity contribution is -0.119. The molecule has 0 bridgehead atoms. The molecule has 1 unspecified atom stereocenters. The Morgan fingerprint density at radius 3 is 2.93 bits per heavy atom. The Morgan fingerprint density at radius 2 is 2.43 bits per heavy atom. The van der Waals surface area contributed by atoms with Gasteiger partial charge in [0, 0.05) is 17.7 Å². The first-order chi connectivity index (χ1) is 6.76. The van der Waals surface area contributed by atoms with Crippen LogP contribution < -0.4 is 5.73 Å². The van der Waals surface area contributed by atoms with Crippen molar-refractivity contribution in [3.05, 3.63) is 22.4 Å². The van der Waals surface area contributed by atoms with Gasteiger partial charge >= 0.3 is 0 Å². The maximum Gasteiger partial charge on any atom is 0.138 e. The highest BCUT2D eigenvalue weighted by Crippen LogP contribution is 2.13. The minimum atomic E-state index is 0.310. The molecule has 0 amide bonds. The summed E-state index contributed by atoms with van der Waals surface area (Å²) in [5, 5.41) is 2.00. The average Bonchev–Trinajstić information content (AvgIpc) is 2.66. The maximum atomic E-state index is 11.6. The second-order valence-electron chi connectivity index (χ2n) is 3.51. The number of carbonyl (C=O) groups excluding carboxylic acids is 1. The average molecular weight is 211 g/mol. The number of hydrogen-bond acceptors (Lipinski definition) is 3. The summed E-state index contributed by atoms with van der Waals surface area (Å²) in [6, 6.07) is 3.99. The molecule has 1 atom stereocenters. The van der Waals surface area contributed by atoms with E-state index < -0.39 is 0 Å². The van der Waals surface area contributed by atoms with Gasteiger partial charge in [-0.3, -0.25) is 4.79 Å². The number of hydrogen-bond donors (Lipinski definition) is 1. The molecule has 2 N–H and O–H groups in total. The van der Waals surface area contributed by atoms with Crippen LogP contribution in [-0.2, 0) is 11.2 Å². The van der Waals surface area contributed by atoms with Gasteiger partial charge in [-0.2, -0.15) is 0 Å². The second-order valence-corrected chi connectivity index (χ2v) is 4.54. The maximum absolute atomic E-state index is 11.6. The molecule has 0 saturated carbocycles. The number of nitrogens with two attached hydrogens (primary N) is 1. The van der Waals surface area contributed by atoms with Gasteiger partial charge in [-0.25, -0.2) is 0 Å². The molecule has 1 rings (SSSR count). The summed E-state index contributed by atoms with van der Waals surface area (Å²) in [5.74, 6) is 0.673. The van der Waals surface area contributed by atoms with Crippen LogP contribution >= 0.6 is 11.3 Å². The van der Waals surface area contributed by atoms with Crippen LogP contribution in [0, 0.1) is 5.92 Å². The van der Waals surface area contributed by atoms with Crippen LogP contribution in [0.4, 0.5) is 0 Å². The third kappa shape index (κ3) is 3.60. The molecular weight excluding hydrogens is 194 g/mol. The van der Waals surface area contributed by atoms with Crippen LogP contribution in [0.3, 0.4) is 0 Å². The first-order valence-corrected chi connectivity index (χ1v) is 5.88. The van der Waals surface area contributed by atoms with Crippen LogP contribution in [0.1, 0.15) is 24.6 Å². The predicted molar refractivity (Wildman–Crippen MR) is 60.5 cm³/mol. The van der Waals surface area contributed by atoms with Crippen LogP contribution in [0.5, 0.6) is 0 Å². The summed E-state index contributed by atoms with van der Waals surface area (Å²) in [7, 11) is 0. The minimum absolute atomic E-state index is 0.310. The molecule has 14 heavy (non-hydrogen) atoms. The standard InChI is InChI=1S/C11H17NOS/c1-2-9(8-12)6-10(13)7-11-4-3-5-14-11/h3-5,9H,2,6-8,12H2,1H3. The van der Waals surface area contributed by atoms with Gasteiger partial charge in [-0.15, -0.1) is 11.3 Å². The highest BCUT2D eigenvalue weighted by molar-refractivity contribution is 7.10. The monoisotopic (exact) mass is 211 g/mol.